The quantitative estimate of drug-likeness (QED) is 0.721. The van der Waals surface area contributed by atoms with Crippen LogP contribution in [0.5, 0.6) is 17.2 Å². The molecule has 1 unspecified atom stereocenters. The molecule has 2 aromatic rings. The van der Waals surface area contributed by atoms with Crippen molar-refractivity contribution in [3.63, 3.8) is 0 Å². The zero-order valence-corrected chi connectivity index (χ0v) is 16.3. The average molecular weight is 379 g/mol. The molecule has 0 aliphatic carbocycles. The Kier molecular flexibility index (Phi) is 6.88. The van der Waals surface area contributed by atoms with Gasteiger partial charge < -0.3 is 14.2 Å². The lowest BCUT2D eigenvalue weighted by Crippen LogP contribution is -2.27. The molecule has 0 saturated carbocycles. The minimum absolute atomic E-state index is 0.117. The molecule has 0 aliphatic heterocycles. The third kappa shape index (κ3) is 4.68. The summed E-state index contributed by atoms with van der Waals surface area (Å²) in [5.74, 6) is 1.55. The predicted octanol–water partition coefficient (Wildman–Crippen LogP) is 3.53. The fourth-order valence-corrected chi connectivity index (χ4v) is 3.82. The van der Waals surface area contributed by atoms with Crippen LogP contribution in [0.3, 0.4) is 0 Å². The number of para-hydroxylation sites is 1. The lowest BCUT2D eigenvalue weighted by Gasteiger charge is -2.18. The number of methoxy groups -OCH3 is 1. The Morgan fingerprint density at radius 2 is 1.62 bits per heavy atom. The molecule has 2 rings (SSSR count). The van der Waals surface area contributed by atoms with Gasteiger partial charge in [0.25, 0.3) is 0 Å². The van der Waals surface area contributed by atoms with Crippen LogP contribution in [0.15, 0.2) is 47.4 Å². The second kappa shape index (κ2) is 8.91. The molecule has 0 heterocycles. The van der Waals surface area contributed by atoms with Gasteiger partial charge in [-0.2, -0.15) is 0 Å². The maximum absolute atomic E-state index is 12.8. The average Bonchev–Trinajstić information content (AvgIpc) is 2.63. The highest BCUT2D eigenvalue weighted by Gasteiger charge is 2.22. The molecule has 0 aromatic heterocycles. The number of rotatable bonds is 9. The van der Waals surface area contributed by atoms with Gasteiger partial charge >= 0.3 is 0 Å². The molecule has 0 bridgehead atoms. The van der Waals surface area contributed by atoms with Crippen molar-refractivity contribution in [2.24, 2.45) is 0 Å². The maximum atomic E-state index is 12.8. The number of hydrogen-bond acceptors (Lipinski definition) is 5. The molecule has 2 aromatic carbocycles. The molecule has 0 aliphatic rings. The summed E-state index contributed by atoms with van der Waals surface area (Å²) < 4.78 is 44.6. The van der Waals surface area contributed by atoms with Gasteiger partial charge in [0, 0.05) is 17.7 Å². The lowest BCUT2D eigenvalue weighted by molar-refractivity contribution is 0.287. The molecule has 0 radical (unpaired) electrons. The molecular weight excluding hydrogens is 354 g/mol. The van der Waals surface area contributed by atoms with E-state index in [9.17, 15) is 8.42 Å². The molecule has 0 spiro atoms. The van der Waals surface area contributed by atoms with Gasteiger partial charge in [0.2, 0.25) is 10.0 Å². The molecule has 7 heteroatoms. The van der Waals surface area contributed by atoms with Gasteiger partial charge in [-0.15, -0.1) is 0 Å². The monoisotopic (exact) mass is 379 g/mol. The Hall–Kier alpha value is -2.25. The third-order valence-electron chi connectivity index (χ3n) is 3.76. The van der Waals surface area contributed by atoms with Gasteiger partial charge in [-0.3, -0.25) is 0 Å². The molecule has 0 fully saturated rings. The highest BCUT2D eigenvalue weighted by Crippen LogP contribution is 2.31. The lowest BCUT2D eigenvalue weighted by atomic mass is 10.1. The summed E-state index contributed by atoms with van der Waals surface area (Å²) in [5.41, 5.74) is 0.759. The molecule has 1 N–H and O–H groups in total. The Morgan fingerprint density at radius 1 is 0.962 bits per heavy atom. The zero-order valence-electron chi connectivity index (χ0n) is 15.5. The van der Waals surface area contributed by atoms with E-state index in [1.807, 2.05) is 32.0 Å². The standard InChI is InChI=1S/C19H25NO5S/c1-5-24-18-12-11-15(13-19(18)25-6-2)26(21,22)20-14(3)16-9-7-8-10-17(16)23-4/h7-14,20H,5-6H2,1-4H3. The number of sulfonamides is 1. The SMILES string of the molecule is CCOc1ccc(S(=O)(=O)NC(C)c2ccccc2OC)cc1OCC. The summed E-state index contributed by atoms with van der Waals surface area (Å²) in [4.78, 5) is 0.117. The van der Waals surface area contributed by atoms with Crippen LogP contribution >= 0.6 is 0 Å². The van der Waals surface area contributed by atoms with Crippen molar-refractivity contribution in [3.8, 4) is 17.2 Å². The molecule has 142 valence electrons. The van der Waals surface area contributed by atoms with E-state index in [0.717, 1.165) is 5.56 Å². The molecule has 1 atom stereocenters. The minimum atomic E-state index is -3.75. The topological polar surface area (TPSA) is 73.9 Å². The van der Waals surface area contributed by atoms with Crippen molar-refractivity contribution in [1.82, 2.24) is 4.72 Å². The molecule has 6 nitrogen and oxygen atoms in total. The van der Waals surface area contributed by atoms with E-state index in [1.54, 1.807) is 26.2 Å². The van der Waals surface area contributed by atoms with E-state index in [1.165, 1.54) is 12.1 Å². The van der Waals surface area contributed by atoms with E-state index in [-0.39, 0.29) is 4.90 Å². The Morgan fingerprint density at radius 3 is 2.27 bits per heavy atom. The van der Waals surface area contributed by atoms with Gasteiger partial charge in [0.1, 0.15) is 5.75 Å². The Labute approximate surface area is 155 Å². The summed E-state index contributed by atoms with van der Waals surface area (Å²) in [7, 11) is -2.19. The first-order chi connectivity index (χ1) is 12.4. The third-order valence-corrected chi connectivity index (χ3v) is 5.30. The second-order valence-corrected chi connectivity index (χ2v) is 7.27. The van der Waals surface area contributed by atoms with Crippen LogP contribution in [0, 0.1) is 0 Å². The maximum Gasteiger partial charge on any atom is 0.241 e. The van der Waals surface area contributed by atoms with E-state index in [2.05, 4.69) is 4.72 Å². The first-order valence-electron chi connectivity index (χ1n) is 8.47. The van der Waals surface area contributed by atoms with Crippen LogP contribution in [0.4, 0.5) is 0 Å². The van der Waals surface area contributed by atoms with Crippen molar-refractivity contribution in [1.29, 1.82) is 0 Å². The van der Waals surface area contributed by atoms with Crippen LogP contribution in [0.1, 0.15) is 32.4 Å². The fraction of sp³-hybridized carbons (Fsp3) is 0.368. The number of ether oxygens (including phenoxy) is 3. The van der Waals surface area contributed by atoms with Gasteiger partial charge in [-0.05, 0) is 39.0 Å². The van der Waals surface area contributed by atoms with Gasteiger partial charge in [-0.25, -0.2) is 13.1 Å². The number of nitrogens with one attached hydrogen (secondary N) is 1. The normalized spacial score (nSPS) is 12.5. The molecule has 0 amide bonds. The van der Waals surface area contributed by atoms with Crippen molar-refractivity contribution < 1.29 is 22.6 Å². The Balaban J connectivity index is 2.30. The van der Waals surface area contributed by atoms with Gasteiger partial charge in [-0.1, -0.05) is 18.2 Å². The summed E-state index contributed by atoms with van der Waals surface area (Å²) >= 11 is 0. The highest BCUT2D eigenvalue weighted by molar-refractivity contribution is 7.89. The van der Waals surface area contributed by atoms with Gasteiger partial charge in [0.05, 0.1) is 25.2 Å². The van der Waals surface area contributed by atoms with Crippen LogP contribution in [-0.2, 0) is 10.0 Å². The van der Waals surface area contributed by atoms with E-state index < -0.39 is 16.1 Å². The smallest absolute Gasteiger partial charge is 0.241 e. The van der Waals surface area contributed by atoms with Crippen LogP contribution in [0.25, 0.3) is 0 Å². The molecular formula is C19H25NO5S. The molecule has 26 heavy (non-hydrogen) atoms. The van der Waals surface area contributed by atoms with Crippen LogP contribution in [-0.4, -0.2) is 28.7 Å². The van der Waals surface area contributed by atoms with Crippen LogP contribution in [0.2, 0.25) is 0 Å². The summed E-state index contributed by atoms with van der Waals surface area (Å²) in [6, 6.07) is 11.4. The zero-order chi connectivity index (χ0) is 19.2. The first kappa shape index (κ1) is 20.1. The Bertz CT molecular complexity index is 836. The van der Waals surface area contributed by atoms with Crippen LogP contribution < -0.4 is 18.9 Å². The predicted molar refractivity (Wildman–Crippen MR) is 101 cm³/mol. The minimum Gasteiger partial charge on any atom is -0.496 e. The second-order valence-electron chi connectivity index (χ2n) is 5.56. The molecule has 0 saturated heterocycles. The summed E-state index contributed by atoms with van der Waals surface area (Å²) in [5, 5.41) is 0. The summed E-state index contributed by atoms with van der Waals surface area (Å²) in [6.07, 6.45) is 0. The summed E-state index contributed by atoms with van der Waals surface area (Å²) in [6.45, 7) is 6.34. The number of benzene rings is 2. The van der Waals surface area contributed by atoms with E-state index in [4.69, 9.17) is 14.2 Å². The van der Waals surface area contributed by atoms with Crippen molar-refractivity contribution in [2.75, 3.05) is 20.3 Å². The van der Waals surface area contributed by atoms with Gasteiger partial charge in [0.15, 0.2) is 11.5 Å². The van der Waals surface area contributed by atoms with Crippen molar-refractivity contribution >= 4 is 10.0 Å². The number of hydrogen-bond donors (Lipinski definition) is 1. The fourth-order valence-electron chi connectivity index (χ4n) is 2.59. The largest absolute Gasteiger partial charge is 0.496 e. The van der Waals surface area contributed by atoms with Crippen molar-refractivity contribution in [3.05, 3.63) is 48.0 Å². The highest BCUT2D eigenvalue weighted by atomic mass is 32.2. The van der Waals surface area contributed by atoms with E-state index in [0.29, 0.717) is 30.5 Å². The first-order valence-corrected chi connectivity index (χ1v) is 9.96. The van der Waals surface area contributed by atoms with Crippen molar-refractivity contribution in [2.45, 2.75) is 31.7 Å². The van der Waals surface area contributed by atoms with E-state index >= 15 is 0 Å².